The van der Waals surface area contributed by atoms with Crippen molar-refractivity contribution >= 4 is 29.5 Å². The van der Waals surface area contributed by atoms with Gasteiger partial charge < -0.3 is 19.9 Å². The van der Waals surface area contributed by atoms with Gasteiger partial charge in [0.05, 0.1) is 6.10 Å². The largest absolute Gasteiger partial charge is 0.480 e. The number of carboxylic acid groups (broad SMARTS) is 1. The Morgan fingerprint density at radius 2 is 2.00 bits per heavy atom. The van der Waals surface area contributed by atoms with Crippen LogP contribution >= 0.6 is 12.6 Å². The first kappa shape index (κ1) is 13.9. The molecule has 0 aliphatic rings. The van der Waals surface area contributed by atoms with Gasteiger partial charge in [-0.05, 0) is 6.07 Å². The van der Waals surface area contributed by atoms with E-state index in [0.717, 1.165) is 5.39 Å². The molecule has 19 heavy (non-hydrogen) atoms. The van der Waals surface area contributed by atoms with Crippen molar-refractivity contribution in [1.82, 2.24) is 4.57 Å². The maximum absolute atomic E-state index is 10.8. The van der Waals surface area contributed by atoms with Gasteiger partial charge in [0.15, 0.2) is 0 Å². The van der Waals surface area contributed by atoms with Gasteiger partial charge in [-0.1, -0.05) is 18.2 Å². The molecule has 0 aliphatic carbocycles. The number of hydrogen-bond acceptors (Lipinski definition) is 4. The van der Waals surface area contributed by atoms with Gasteiger partial charge >= 0.3 is 5.97 Å². The molecule has 2 atom stereocenters. The van der Waals surface area contributed by atoms with Crippen molar-refractivity contribution in [3.05, 3.63) is 36.0 Å². The van der Waals surface area contributed by atoms with Crippen LogP contribution in [-0.2, 0) is 11.3 Å². The summed E-state index contributed by atoms with van der Waals surface area (Å²) in [7, 11) is 0. The van der Waals surface area contributed by atoms with E-state index in [4.69, 9.17) is 5.11 Å². The van der Waals surface area contributed by atoms with Gasteiger partial charge in [0.1, 0.15) is 12.6 Å². The number of benzene rings is 1. The average Bonchev–Trinajstić information content (AvgIpc) is 2.75. The van der Waals surface area contributed by atoms with Crippen molar-refractivity contribution in [2.24, 2.45) is 0 Å². The Morgan fingerprint density at radius 1 is 1.32 bits per heavy atom. The van der Waals surface area contributed by atoms with E-state index in [-0.39, 0.29) is 12.3 Å². The number of aliphatic hydroxyl groups is 2. The predicted molar refractivity (Wildman–Crippen MR) is 74.4 cm³/mol. The highest BCUT2D eigenvalue weighted by Crippen LogP contribution is 2.28. The first-order chi connectivity index (χ1) is 9.04. The second-order valence-corrected chi connectivity index (χ2v) is 4.68. The summed E-state index contributed by atoms with van der Waals surface area (Å²) in [5.74, 6) is -0.837. The van der Waals surface area contributed by atoms with Crippen LogP contribution in [0.2, 0.25) is 0 Å². The minimum Gasteiger partial charge on any atom is -0.480 e. The molecule has 0 saturated carbocycles. The zero-order valence-electron chi connectivity index (χ0n) is 10.1. The van der Waals surface area contributed by atoms with E-state index in [1.165, 1.54) is 0 Å². The highest BCUT2D eigenvalue weighted by atomic mass is 32.1. The molecule has 6 heteroatoms. The van der Waals surface area contributed by atoms with Crippen molar-refractivity contribution in [2.75, 3.05) is 5.75 Å². The molecule has 0 aliphatic heterocycles. The lowest BCUT2D eigenvalue weighted by atomic mass is 10.0. The zero-order chi connectivity index (χ0) is 14.0. The minimum absolute atomic E-state index is 0.125. The average molecular weight is 281 g/mol. The fourth-order valence-electron chi connectivity index (χ4n) is 2.09. The molecule has 5 nitrogen and oxygen atoms in total. The molecule has 0 radical (unpaired) electrons. The number of thiol groups is 1. The molecule has 3 N–H and O–H groups in total. The minimum atomic E-state index is -1.09. The van der Waals surface area contributed by atoms with E-state index in [2.05, 4.69) is 12.6 Å². The number of carbonyl (C=O) groups is 1. The van der Waals surface area contributed by atoms with Crippen molar-refractivity contribution < 1.29 is 20.1 Å². The first-order valence-corrected chi connectivity index (χ1v) is 6.44. The molecular weight excluding hydrogens is 266 g/mol. The molecule has 2 rings (SSSR count). The summed E-state index contributed by atoms with van der Waals surface area (Å²) < 4.78 is 1.54. The van der Waals surface area contributed by atoms with E-state index in [9.17, 15) is 15.0 Å². The summed E-state index contributed by atoms with van der Waals surface area (Å²) in [6, 6.07) is 7.17. The third-order valence-corrected chi connectivity index (χ3v) is 3.37. The molecule has 0 saturated heterocycles. The number of rotatable bonds is 5. The lowest BCUT2D eigenvalue weighted by molar-refractivity contribution is -0.137. The summed E-state index contributed by atoms with van der Waals surface area (Å²) in [5, 5.41) is 29.4. The predicted octanol–water partition coefficient (Wildman–Crippen LogP) is 1.05. The Bertz CT molecular complexity index is 595. The lowest BCUT2D eigenvalue weighted by Crippen LogP contribution is -2.19. The summed E-state index contributed by atoms with van der Waals surface area (Å²) in [6.45, 7) is -0.190. The number of nitrogens with zero attached hydrogens (tertiary/aromatic N) is 1. The smallest absolute Gasteiger partial charge is 0.323 e. The van der Waals surface area contributed by atoms with Crippen LogP contribution < -0.4 is 0 Å². The molecule has 2 aromatic rings. The molecular formula is C13H15NO4S. The molecule has 2 unspecified atom stereocenters. The number of carboxylic acids is 1. The van der Waals surface area contributed by atoms with Gasteiger partial charge in [0.25, 0.3) is 0 Å². The number of aliphatic hydroxyl groups excluding tert-OH is 2. The van der Waals surface area contributed by atoms with Gasteiger partial charge in [0.2, 0.25) is 0 Å². The normalized spacial score (nSPS) is 14.5. The summed E-state index contributed by atoms with van der Waals surface area (Å²) in [5.41, 5.74) is 1.23. The molecule has 1 aromatic carbocycles. The standard InChI is InChI=1S/C13H15NO4S/c15-11(7-19)13(18)9-5-14(6-12(16)17)10-4-2-1-3-8(9)10/h1-5,11,13,15,18-19H,6-7H2,(H,16,17). The molecule has 102 valence electrons. The summed E-state index contributed by atoms with van der Waals surface area (Å²) in [4.78, 5) is 10.8. The van der Waals surface area contributed by atoms with Crippen molar-refractivity contribution in [1.29, 1.82) is 0 Å². The second-order valence-electron chi connectivity index (χ2n) is 4.32. The fraction of sp³-hybridized carbons (Fsp3) is 0.308. The Balaban J connectivity index is 2.52. The van der Waals surface area contributed by atoms with E-state index in [0.29, 0.717) is 11.1 Å². The van der Waals surface area contributed by atoms with Crippen LogP contribution in [0.15, 0.2) is 30.5 Å². The van der Waals surface area contributed by atoms with Gasteiger partial charge in [-0.15, -0.1) is 0 Å². The zero-order valence-corrected chi connectivity index (χ0v) is 11.0. The summed E-state index contributed by atoms with van der Waals surface area (Å²) >= 11 is 3.95. The van der Waals surface area contributed by atoms with Crippen LogP contribution in [0.25, 0.3) is 10.9 Å². The van der Waals surface area contributed by atoms with E-state index < -0.39 is 18.2 Å². The van der Waals surface area contributed by atoms with E-state index in [1.54, 1.807) is 35.0 Å². The summed E-state index contributed by atoms with van der Waals surface area (Å²) in [6.07, 6.45) is -0.513. The number of aliphatic carboxylic acids is 1. The molecule has 0 amide bonds. The first-order valence-electron chi connectivity index (χ1n) is 5.81. The monoisotopic (exact) mass is 281 g/mol. The van der Waals surface area contributed by atoms with Crippen LogP contribution in [-0.4, -0.2) is 37.7 Å². The second kappa shape index (κ2) is 5.64. The number of hydrogen-bond donors (Lipinski definition) is 4. The number of para-hydroxylation sites is 1. The molecule has 0 fully saturated rings. The Labute approximate surface area is 115 Å². The van der Waals surface area contributed by atoms with Gasteiger partial charge in [-0.2, -0.15) is 12.6 Å². The van der Waals surface area contributed by atoms with Crippen LogP contribution in [0, 0.1) is 0 Å². The quantitative estimate of drug-likeness (QED) is 0.617. The number of fused-ring (bicyclic) bond motifs is 1. The van der Waals surface area contributed by atoms with Crippen molar-refractivity contribution in [2.45, 2.75) is 18.8 Å². The molecule has 1 aromatic heterocycles. The van der Waals surface area contributed by atoms with Gasteiger partial charge in [-0.25, -0.2) is 0 Å². The van der Waals surface area contributed by atoms with Crippen molar-refractivity contribution in [3.8, 4) is 0 Å². The van der Waals surface area contributed by atoms with E-state index in [1.807, 2.05) is 0 Å². The molecule has 0 bridgehead atoms. The van der Waals surface area contributed by atoms with Crippen LogP contribution in [0.3, 0.4) is 0 Å². The van der Waals surface area contributed by atoms with Gasteiger partial charge in [0, 0.05) is 28.4 Å². The highest BCUT2D eigenvalue weighted by molar-refractivity contribution is 7.80. The maximum atomic E-state index is 10.8. The van der Waals surface area contributed by atoms with Crippen molar-refractivity contribution in [3.63, 3.8) is 0 Å². The fourth-order valence-corrected chi connectivity index (χ4v) is 2.29. The van der Waals surface area contributed by atoms with Gasteiger partial charge in [-0.3, -0.25) is 4.79 Å². The Morgan fingerprint density at radius 3 is 2.63 bits per heavy atom. The Kier molecular flexibility index (Phi) is 4.14. The van der Waals surface area contributed by atoms with Crippen LogP contribution in [0.4, 0.5) is 0 Å². The Hall–Kier alpha value is -1.50. The topological polar surface area (TPSA) is 82.7 Å². The SMILES string of the molecule is O=C(O)Cn1cc(C(O)C(O)CS)c2ccccc21. The number of aromatic nitrogens is 1. The molecule has 1 heterocycles. The van der Waals surface area contributed by atoms with Crippen LogP contribution in [0.1, 0.15) is 11.7 Å². The third-order valence-electron chi connectivity index (χ3n) is 3.00. The maximum Gasteiger partial charge on any atom is 0.323 e. The molecule has 0 spiro atoms. The third kappa shape index (κ3) is 2.75. The highest BCUT2D eigenvalue weighted by Gasteiger charge is 2.22. The lowest BCUT2D eigenvalue weighted by Gasteiger charge is -2.14. The van der Waals surface area contributed by atoms with Crippen LogP contribution in [0.5, 0.6) is 0 Å². The van der Waals surface area contributed by atoms with E-state index >= 15 is 0 Å².